The first-order valence-corrected chi connectivity index (χ1v) is 9.04. The maximum absolute atomic E-state index is 14.1. The maximum Gasteiger partial charge on any atom is 0.460 e. The van der Waals surface area contributed by atoms with E-state index >= 15 is 0 Å². The van der Waals surface area contributed by atoms with Crippen molar-refractivity contribution >= 4 is 0 Å². The number of rotatable bonds is 10. The van der Waals surface area contributed by atoms with Crippen LogP contribution in [0.1, 0.15) is 25.8 Å². The molecule has 0 aliphatic heterocycles. The first kappa shape index (κ1) is 31.0. The summed E-state index contributed by atoms with van der Waals surface area (Å²) in [6.45, 7) is 1.90. The van der Waals surface area contributed by atoms with Crippen molar-refractivity contribution in [2.24, 2.45) is 0 Å². The molecule has 0 spiro atoms. The van der Waals surface area contributed by atoms with Gasteiger partial charge in [0.25, 0.3) is 0 Å². The van der Waals surface area contributed by atoms with Gasteiger partial charge in [0.05, 0.1) is 18.6 Å². The lowest BCUT2D eigenvalue weighted by Crippen LogP contribution is -2.72. The summed E-state index contributed by atoms with van der Waals surface area (Å²) < 4.78 is 204. The van der Waals surface area contributed by atoms with Gasteiger partial charge in [0.1, 0.15) is 5.75 Å². The predicted molar refractivity (Wildman–Crippen MR) is 87.5 cm³/mol. The number of hydrogen-bond donors (Lipinski definition) is 1. The van der Waals surface area contributed by atoms with Crippen molar-refractivity contribution in [3.63, 3.8) is 0 Å². The molecule has 0 fully saturated rings. The summed E-state index contributed by atoms with van der Waals surface area (Å²) in [6.07, 6.45) is -10.5. The number of alkyl halides is 15. The Morgan fingerprint density at radius 2 is 1.00 bits per heavy atom. The monoisotopic (exact) mass is 548 g/mol. The van der Waals surface area contributed by atoms with Crippen LogP contribution in [0.3, 0.4) is 0 Å². The molecule has 1 rings (SSSR count). The molecule has 0 saturated carbocycles. The Hall–Kier alpha value is -2.07. The molecule has 0 saturated heterocycles. The summed E-state index contributed by atoms with van der Waals surface area (Å²) in [5.74, 6) is -47.1. The first-order chi connectivity index (χ1) is 15.2. The molecule has 2 nitrogen and oxygen atoms in total. The largest absolute Gasteiger partial charge is 0.494 e. The minimum absolute atomic E-state index is 0.0446. The lowest BCUT2D eigenvalue weighted by molar-refractivity contribution is -0.453. The molecule has 1 unspecified atom stereocenters. The van der Waals surface area contributed by atoms with E-state index in [9.17, 15) is 71.0 Å². The Labute approximate surface area is 186 Å². The Balaban J connectivity index is 3.47. The van der Waals surface area contributed by atoms with Crippen LogP contribution in [-0.2, 0) is 5.60 Å². The topological polar surface area (TPSA) is 29.5 Å². The van der Waals surface area contributed by atoms with Gasteiger partial charge in [0.2, 0.25) is 0 Å². The summed E-state index contributed by atoms with van der Waals surface area (Å²) in [4.78, 5) is 0. The number of benzene rings is 1. The van der Waals surface area contributed by atoms with Gasteiger partial charge in [-0.1, -0.05) is 12.1 Å². The fourth-order valence-electron chi connectivity index (χ4n) is 2.72. The van der Waals surface area contributed by atoms with Gasteiger partial charge in [-0.2, -0.15) is 65.9 Å². The van der Waals surface area contributed by atoms with Crippen molar-refractivity contribution < 1.29 is 75.7 Å². The van der Waals surface area contributed by atoms with Crippen LogP contribution in [0.2, 0.25) is 0 Å². The summed E-state index contributed by atoms with van der Waals surface area (Å²) in [7, 11) is 0. The Morgan fingerprint density at radius 3 is 1.37 bits per heavy atom. The third-order valence-electron chi connectivity index (χ3n) is 4.75. The summed E-state index contributed by atoms with van der Waals surface area (Å²) in [5, 5.41) is 10.1. The highest BCUT2D eigenvalue weighted by Gasteiger charge is 2.93. The molecule has 0 bridgehead atoms. The van der Waals surface area contributed by atoms with E-state index < -0.39 is 59.3 Å². The Kier molecular flexibility index (Phi) is 7.78. The Morgan fingerprint density at radius 1 is 0.629 bits per heavy atom. The van der Waals surface area contributed by atoms with E-state index in [4.69, 9.17) is 4.74 Å². The highest BCUT2D eigenvalue weighted by atomic mass is 19.4. The molecule has 1 atom stereocenters. The van der Waals surface area contributed by atoms with Crippen LogP contribution >= 0.6 is 0 Å². The normalized spacial score (nSPS) is 16.7. The number of aliphatic hydroxyl groups is 1. The number of hydrogen-bond acceptors (Lipinski definition) is 2. The van der Waals surface area contributed by atoms with Gasteiger partial charge in [0, 0.05) is 0 Å². The average Bonchev–Trinajstić information content (AvgIpc) is 2.66. The summed E-state index contributed by atoms with van der Waals surface area (Å²) in [5.41, 5.74) is -3.98. The van der Waals surface area contributed by atoms with E-state index in [2.05, 4.69) is 0 Å². The van der Waals surface area contributed by atoms with E-state index in [0.29, 0.717) is 6.92 Å². The molecular formula is C18H15F15O2. The SMILES string of the molecule is CCOc1ccc(C(C)(O)CC(F)(F)C(F)(F)C(F)(F)C(F)(F)C(F)(F)C(F)(F)C(F)(F)F)cc1. The van der Waals surface area contributed by atoms with Crippen molar-refractivity contribution in [2.75, 3.05) is 6.61 Å². The van der Waals surface area contributed by atoms with Gasteiger partial charge in [-0.05, 0) is 31.5 Å². The highest BCUT2D eigenvalue weighted by molar-refractivity contribution is 5.31. The molecule has 1 aromatic carbocycles. The molecule has 0 amide bonds. The van der Waals surface area contributed by atoms with Crippen molar-refractivity contribution in [3.05, 3.63) is 29.8 Å². The van der Waals surface area contributed by atoms with E-state index in [1.165, 1.54) is 6.92 Å². The van der Waals surface area contributed by atoms with Crippen LogP contribution in [0.15, 0.2) is 24.3 Å². The third kappa shape index (κ3) is 4.83. The van der Waals surface area contributed by atoms with Crippen LogP contribution in [0.25, 0.3) is 0 Å². The average molecular weight is 548 g/mol. The molecule has 0 aromatic heterocycles. The maximum atomic E-state index is 14.1. The van der Waals surface area contributed by atoms with Crippen LogP contribution in [0, 0.1) is 0 Å². The third-order valence-corrected chi connectivity index (χ3v) is 4.75. The fraction of sp³-hybridized carbons (Fsp3) is 0.667. The molecule has 204 valence electrons. The smallest absolute Gasteiger partial charge is 0.460 e. The quantitative estimate of drug-likeness (QED) is 0.318. The van der Waals surface area contributed by atoms with Gasteiger partial charge in [-0.15, -0.1) is 0 Å². The van der Waals surface area contributed by atoms with Crippen LogP contribution in [0.5, 0.6) is 5.75 Å². The molecule has 0 aliphatic carbocycles. The number of halogens is 15. The summed E-state index contributed by atoms with van der Waals surface area (Å²) in [6, 6.07) is 3.46. The highest BCUT2D eigenvalue weighted by Crippen LogP contribution is 2.63. The molecule has 0 radical (unpaired) electrons. The second kappa shape index (κ2) is 8.80. The van der Waals surface area contributed by atoms with Gasteiger partial charge >= 0.3 is 41.7 Å². The first-order valence-electron chi connectivity index (χ1n) is 9.04. The second-order valence-corrected chi connectivity index (χ2v) is 7.48. The molecule has 1 aromatic rings. The van der Waals surface area contributed by atoms with Crippen molar-refractivity contribution in [3.8, 4) is 5.75 Å². The van der Waals surface area contributed by atoms with Crippen molar-refractivity contribution in [1.82, 2.24) is 0 Å². The molecule has 17 heteroatoms. The second-order valence-electron chi connectivity index (χ2n) is 7.48. The van der Waals surface area contributed by atoms with Crippen LogP contribution in [-0.4, -0.2) is 53.4 Å². The summed E-state index contributed by atoms with van der Waals surface area (Å²) >= 11 is 0. The van der Waals surface area contributed by atoms with E-state index in [1.54, 1.807) is 0 Å². The van der Waals surface area contributed by atoms with E-state index in [1.807, 2.05) is 0 Å². The molecular weight excluding hydrogens is 533 g/mol. The fourth-order valence-corrected chi connectivity index (χ4v) is 2.72. The zero-order valence-electron chi connectivity index (χ0n) is 17.2. The van der Waals surface area contributed by atoms with Crippen LogP contribution in [0.4, 0.5) is 65.9 Å². The molecule has 1 N–H and O–H groups in total. The van der Waals surface area contributed by atoms with Gasteiger partial charge < -0.3 is 9.84 Å². The van der Waals surface area contributed by atoms with E-state index in [-0.39, 0.29) is 12.4 Å². The number of ether oxygens (including phenoxy) is 1. The van der Waals surface area contributed by atoms with Crippen molar-refractivity contribution in [1.29, 1.82) is 0 Å². The van der Waals surface area contributed by atoms with E-state index in [0.717, 1.165) is 24.3 Å². The van der Waals surface area contributed by atoms with Gasteiger partial charge in [0.15, 0.2) is 0 Å². The zero-order chi connectivity index (χ0) is 28.1. The molecule has 0 heterocycles. The minimum atomic E-state index is -8.36. The molecule has 35 heavy (non-hydrogen) atoms. The van der Waals surface area contributed by atoms with Gasteiger partial charge in [-0.3, -0.25) is 0 Å². The lowest BCUT2D eigenvalue weighted by Gasteiger charge is -2.42. The van der Waals surface area contributed by atoms with Gasteiger partial charge in [-0.25, -0.2) is 0 Å². The Bertz CT molecular complexity index is 873. The zero-order valence-corrected chi connectivity index (χ0v) is 17.2. The molecule has 0 aliphatic rings. The minimum Gasteiger partial charge on any atom is -0.494 e. The van der Waals surface area contributed by atoms with Crippen molar-refractivity contribution in [2.45, 2.75) is 67.6 Å². The lowest BCUT2D eigenvalue weighted by atomic mass is 9.84. The predicted octanol–water partition coefficient (Wildman–Crippen LogP) is 7.06. The van der Waals surface area contributed by atoms with Crippen LogP contribution < -0.4 is 4.74 Å². The standard InChI is InChI=1S/C18H15F15O2/c1-3-35-10-6-4-9(5-7-10)11(2,34)8-12(19,20)13(21,22)14(23,24)15(25,26)16(27,28)17(29,30)18(31,32)33/h4-7,34H,3,8H2,1-2H3.